The number of ether oxygens (including phenoxy) is 1. The summed E-state index contributed by atoms with van der Waals surface area (Å²) in [6.07, 6.45) is 0. The van der Waals surface area contributed by atoms with Crippen LogP contribution in [-0.4, -0.2) is 37.4 Å². The monoisotopic (exact) mass is 250 g/mol. The smallest absolute Gasteiger partial charge is 0.251 e. The number of amides is 1. The van der Waals surface area contributed by atoms with E-state index in [0.717, 1.165) is 13.1 Å². The normalized spacial score (nSPS) is 13.4. The van der Waals surface area contributed by atoms with E-state index in [2.05, 4.69) is 10.6 Å². The Balaban J connectivity index is 1.82. The maximum absolute atomic E-state index is 11.8. The van der Waals surface area contributed by atoms with Gasteiger partial charge in [0.25, 0.3) is 5.91 Å². The molecule has 5 heteroatoms. The van der Waals surface area contributed by atoms with Crippen molar-refractivity contribution in [1.29, 1.82) is 0 Å². The standard InChI is InChI=1S/C13H18N2O3/c16-4-6-18-5-3-15-13(17)10-1-2-11-8-14-9-12(11)7-10/h1-2,7,14,16H,3-6,8-9H2,(H,15,17). The minimum atomic E-state index is -0.0858. The van der Waals surface area contributed by atoms with Crippen molar-refractivity contribution in [2.75, 3.05) is 26.4 Å². The number of aliphatic hydroxyl groups is 1. The van der Waals surface area contributed by atoms with Crippen molar-refractivity contribution in [3.63, 3.8) is 0 Å². The number of rotatable bonds is 6. The fourth-order valence-electron chi connectivity index (χ4n) is 1.94. The predicted molar refractivity (Wildman–Crippen MR) is 67.2 cm³/mol. The van der Waals surface area contributed by atoms with Crippen LogP contribution in [-0.2, 0) is 17.8 Å². The fraction of sp³-hybridized carbons (Fsp3) is 0.462. The number of aliphatic hydroxyl groups excluding tert-OH is 1. The molecule has 1 aromatic rings. The summed E-state index contributed by atoms with van der Waals surface area (Å²) in [4.78, 5) is 11.8. The van der Waals surface area contributed by atoms with Crippen molar-refractivity contribution >= 4 is 5.91 Å². The molecule has 0 unspecified atom stereocenters. The van der Waals surface area contributed by atoms with Crippen molar-refractivity contribution in [3.8, 4) is 0 Å². The van der Waals surface area contributed by atoms with Crippen molar-refractivity contribution in [2.24, 2.45) is 0 Å². The van der Waals surface area contributed by atoms with E-state index in [1.807, 2.05) is 18.2 Å². The molecule has 1 aliphatic rings. The van der Waals surface area contributed by atoms with Crippen LogP contribution in [0.25, 0.3) is 0 Å². The quantitative estimate of drug-likeness (QED) is 0.623. The lowest BCUT2D eigenvalue weighted by atomic mass is 10.1. The van der Waals surface area contributed by atoms with Gasteiger partial charge in [0, 0.05) is 25.2 Å². The molecule has 1 amide bonds. The second kappa shape index (κ2) is 6.49. The fourth-order valence-corrected chi connectivity index (χ4v) is 1.94. The molecule has 1 aliphatic heterocycles. The first-order chi connectivity index (χ1) is 8.81. The van der Waals surface area contributed by atoms with Gasteiger partial charge in [0.15, 0.2) is 0 Å². The third-order valence-corrected chi connectivity index (χ3v) is 2.87. The Morgan fingerprint density at radius 3 is 3.00 bits per heavy atom. The van der Waals surface area contributed by atoms with E-state index in [4.69, 9.17) is 9.84 Å². The SMILES string of the molecule is O=C(NCCOCCO)c1ccc2c(c1)CNC2. The third-order valence-electron chi connectivity index (χ3n) is 2.87. The zero-order valence-electron chi connectivity index (χ0n) is 10.2. The van der Waals surface area contributed by atoms with E-state index in [0.29, 0.717) is 25.3 Å². The summed E-state index contributed by atoms with van der Waals surface area (Å²) in [5.41, 5.74) is 3.14. The van der Waals surface area contributed by atoms with E-state index in [1.54, 1.807) is 0 Å². The molecule has 0 bridgehead atoms. The van der Waals surface area contributed by atoms with E-state index >= 15 is 0 Å². The maximum Gasteiger partial charge on any atom is 0.251 e. The van der Waals surface area contributed by atoms with Gasteiger partial charge < -0.3 is 20.5 Å². The van der Waals surface area contributed by atoms with E-state index in [-0.39, 0.29) is 12.5 Å². The average molecular weight is 250 g/mol. The molecule has 5 nitrogen and oxygen atoms in total. The van der Waals surface area contributed by atoms with Crippen LogP contribution in [0.3, 0.4) is 0 Å². The highest BCUT2D eigenvalue weighted by Crippen LogP contribution is 2.16. The van der Waals surface area contributed by atoms with Crippen LogP contribution in [0.4, 0.5) is 0 Å². The van der Waals surface area contributed by atoms with Gasteiger partial charge in [-0.15, -0.1) is 0 Å². The predicted octanol–water partition coefficient (Wildman–Crippen LogP) is 0.0285. The molecular formula is C13H18N2O3. The minimum Gasteiger partial charge on any atom is -0.394 e. The van der Waals surface area contributed by atoms with Gasteiger partial charge >= 0.3 is 0 Å². The first-order valence-corrected chi connectivity index (χ1v) is 6.10. The summed E-state index contributed by atoms with van der Waals surface area (Å²) in [6.45, 7) is 2.89. The van der Waals surface area contributed by atoms with Crippen LogP contribution in [0.2, 0.25) is 0 Å². The Morgan fingerprint density at radius 2 is 2.17 bits per heavy atom. The molecular weight excluding hydrogens is 232 g/mol. The van der Waals surface area contributed by atoms with Gasteiger partial charge in [-0.1, -0.05) is 6.07 Å². The van der Waals surface area contributed by atoms with Gasteiger partial charge in [-0.2, -0.15) is 0 Å². The molecule has 0 atom stereocenters. The van der Waals surface area contributed by atoms with Gasteiger partial charge in [-0.25, -0.2) is 0 Å². The van der Waals surface area contributed by atoms with Gasteiger partial charge in [-0.05, 0) is 23.3 Å². The van der Waals surface area contributed by atoms with Crippen LogP contribution in [0.1, 0.15) is 21.5 Å². The summed E-state index contributed by atoms with van der Waals surface area (Å²) in [7, 11) is 0. The number of fused-ring (bicyclic) bond motifs is 1. The number of hydrogen-bond acceptors (Lipinski definition) is 4. The topological polar surface area (TPSA) is 70.6 Å². The van der Waals surface area contributed by atoms with E-state index in [9.17, 15) is 4.79 Å². The first-order valence-electron chi connectivity index (χ1n) is 6.10. The third kappa shape index (κ3) is 3.29. The molecule has 2 rings (SSSR count). The second-order valence-electron chi connectivity index (χ2n) is 4.18. The van der Waals surface area contributed by atoms with Gasteiger partial charge in [0.05, 0.1) is 19.8 Å². The molecule has 3 N–H and O–H groups in total. The van der Waals surface area contributed by atoms with Crippen molar-refractivity contribution in [1.82, 2.24) is 10.6 Å². The molecule has 0 fully saturated rings. The van der Waals surface area contributed by atoms with Crippen LogP contribution >= 0.6 is 0 Å². The summed E-state index contributed by atoms with van der Waals surface area (Å²) in [6, 6.07) is 5.77. The van der Waals surface area contributed by atoms with Crippen LogP contribution < -0.4 is 10.6 Å². The zero-order chi connectivity index (χ0) is 12.8. The maximum atomic E-state index is 11.8. The summed E-state index contributed by atoms with van der Waals surface area (Å²) >= 11 is 0. The van der Waals surface area contributed by atoms with Crippen LogP contribution in [0.5, 0.6) is 0 Å². The molecule has 18 heavy (non-hydrogen) atoms. The van der Waals surface area contributed by atoms with E-state index < -0.39 is 0 Å². The summed E-state index contributed by atoms with van der Waals surface area (Å²) < 4.78 is 5.07. The molecule has 0 spiro atoms. The minimum absolute atomic E-state index is 0.00572. The van der Waals surface area contributed by atoms with Crippen molar-refractivity contribution in [3.05, 3.63) is 34.9 Å². The molecule has 0 saturated carbocycles. The Labute approximate surface area is 106 Å². The highest BCUT2D eigenvalue weighted by molar-refractivity contribution is 5.94. The lowest BCUT2D eigenvalue weighted by molar-refractivity contribution is 0.0838. The zero-order valence-corrected chi connectivity index (χ0v) is 10.2. The number of carbonyl (C=O) groups is 1. The largest absolute Gasteiger partial charge is 0.394 e. The van der Waals surface area contributed by atoms with Crippen LogP contribution in [0.15, 0.2) is 18.2 Å². The number of carbonyl (C=O) groups excluding carboxylic acids is 1. The van der Waals surface area contributed by atoms with E-state index in [1.165, 1.54) is 11.1 Å². The summed E-state index contributed by atoms with van der Waals surface area (Å²) in [5.74, 6) is -0.0858. The highest BCUT2D eigenvalue weighted by atomic mass is 16.5. The van der Waals surface area contributed by atoms with Crippen molar-refractivity contribution < 1.29 is 14.6 Å². The Morgan fingerprint density at radius 1 is 1.33 bits per heavy atom. The lowest BCUT2D eigenvalue weighted by Crippen LogP contribution is -2.27. The molecule has 0 radical (unpaired) electrons. The second-order valence-corrected chi connectivity index (χ2v) is 4.18. The number of benzene rings is 1. The van der Waals surface area contributed by atoms with Crippen LogP contribution in [0, 0.1) is 0 Å². The average Bonchev–Trinajstić information content (AvgIpc) is 2.85. The molecule has 98 valence electrons. The highest BCUT2D eigenvalue weighted by Gasteiger charge is 2.12. The molecule has 1 heterocycles. The first kappa shape index (κ1) is 13.0. The Hall–Kier alpha value is -1.43. The molecule has 0 aromatic heterocycles. The van der Waals surface area contributed by atoms with Gasteiger partial charge in [-0.3, -0.25) is 4.79 Å². The Bertz CT molecular complexity index is 421. The number of hydrogen-bond donors (Lipinski definition) is 3. The molecule has 0 saturated heterocycles. The van der Waals surface area contributed by atoms with Crippen molar-refractivity contribution in [2.45, 2.75) is 13.1 Å². The summed E-state index contributed by atoms with van der Waals surface area (Å²) in [5, 5.41) is 14.6. The molecule has 0 aliphatic carbocycles. The lowest BCUT2D eigenvalue weighted by Gasteiger charge is -2.07. The van der Waals surface area contributed by atoms with Gasteiger partial charge in [0.2, 0.25) is 0 Å². The Kier molecular flexibility index (Phi) is 4.69. The number of nitrogens with one attached hydrogen (secondary N) is 2. The van der Waals surface area contributed by atoms with Gasteiger partial charge in [0.1, 0.15) is 0 Å². The molecule has 1 aromatic carbocycles.